The summed E-state index contributed by atoms with van der Waals surface area (Å²) < 4.78 is 0. The molecule has 164 valence electrons. The minimum atomic E-state index is 0. The monoisotopic (exact) mass is 550 g/mol. The highest BCUT2D eigenvalue weighted by Crippen LogP contribution is 2.28. The van der Waals surface area contributed by atoms with E-state index in [1.165, 1.54) is 4.88 Å². The molecule has 0 bridgehead atoms. The molecular formula is C21H35IN4OS2. The van der Waals surface area contributed by atoms with E-state index in [4.69, 9.17) is 0 Å². The van der Waals surface area contributed by atoms with Crippen LogP contribution in [0.15, 0.2) is 22.5 Å². The number of thioether (sulfide) groups is 1. The molecule has 0 aromatic carbocycles. The first-order chi connectivity index (χ1) is 13.5. The molecule has 1 aromatic rings. The van der Waals surface area contributed by atoms with E-state index in [0.29, 0.717) is 11.9 Å². The summed E-state index contributed by atoms with van der Waals surface area (Å²) in [6.45, 7) is 7.22. The maximum absolute atomic E-state index is 12.7. The number of carbonyl (C=O) groups excluding carboxylic acids is 1. The van der Waals surface area contributed by atoms with Crippen LogP contribution in [0.5, 0.6) is 0 Å². The Morgan fingerprint density at radius 3 is 2.52 bits per heavy atom. The third-order valence-electron chi connectivity index (χ3n) is 5.85. The molecule has 1 saturated heterocycles. The summed E-state index contributed by atoms with van der Waals surface area (Å²) in [6, 6.07) is 4.70. The number of nitrogens with zero attached hydrogens (tertiary/aromatic N) is 2. The van der Waals surface area contributed by atoms with Crippen LogP contribution in [0.1, 0.15) is 44.4 Å². The van der Waals surface area contributed by atoms with E-state index in [1.807, 2.05) is 18.8 Å². The fourth-order valence-corrected chi connectivity index (χ4v) is 5.73. The highest BCUT2D eigenvalue weighted by molar-refractivity contribution is 14.0. The van der Waals surface area contributed by atoms with E-state index < -0.39 is 0 Å². The molecule has 2 fully saturated rings. The number of guanidine groups is 1. The molecule has 3 rings (SSSR count). The Morgan fingerprint density at radius 2 is 1.93 bits per heavy atom. The molecule has 1 aromatic heterocycles. The molecule has 1 aliphatic carbocycles. The van der Waals surface area contributed by atoms with Crippen LogP contribution < -0.4 is 10.6 Å². The lowest BCUT2D eigenvalue weighted by molar-refractivity contribution is -0.136. The van der Waals surface area contributed by atoms with Crippen molar-refractivity contribution < 1.29 is 4.79 Å². The lowest BCUT2D eigenvalue weighted by Gasteiger charge is -2.34. The summed E-state index contributed by atoms with van der Waals surface area (Å²) in [5.74, 6) is 3.65. The summed E-state index contributed by atoms with van der Waals surface area (Å²) in [5.41, 5.74) is 0.0720. The molecule has 2 heterocycles. The van der Waals surface area contributed by atoms with Crippen molar-refractivity contribution in [3.05, 3.63) is 22.4 Å². The van der Waals surface area contributed by atoms with Crippen molar-refractivity contribution in [3.63, 3.8) is 0 Å². The third-order valence-corrected chi connectivity index (χ3v) is 8.03. The molecule has 2 aliphatic rings. The molecule has 2 N–H and O–H groups in total. The smallest absolute Gasteiger partial charge is 0.225 e. The van der Waals surface area contributed by atoms with Crippen LogP contribution in [-0.2, 0) is 10.2 Å². The van der Waals surface area contributed by atoms with Gasteiger partial charge in [0, 0.05) is 60.4 Å². The van der Waals surface area contributed by atoms with Crippen LogP contribution in [0.2, 0.25) is 0 Å². The molecule has 29 heavy (non-hydrogen) atoms. The van der Waals surface area contributed by atoms with Crippen molar-refractivity contribution in [2.45, 2.75) is 51.0 Å². The van der Waals surface area contributed by atoms with Crippen molar-refractivity contribution >= 4 is 58.9 Å². The molecule has 0 spiro atoms. The number of thiophene rings is 1. The van der Waals surface area contributed by atoms with Crippen LogP contribution in [-0.4, -0.2) is 61.0 Å². The van der Waals surface area contributed by atoms with E-state index >= 15 is 0 Å². The van der Waals surface area contributed by atoms with Gasteiger partial charge in [-0.3, -0.25) is 9.79 Å². The zero-order valence-electron chi connectivity index (χ0n) is 17.8. The molecule has 1 saturated carbocycles. The van der Waals surface area contributed by atoms with Gasteiger partial charge in [0.1, 0.15) is 0 Å². The summed E-state index contributed by atoms with van der Waals surface area (Å²) >= 11 is 3.76. The van der Waals surface area contributed by atoms with Crippen LogP contribution in [0.3, 0.4) is 0 Å². The number of hydrogen-bond donors (Lipinski definition) is 2. The van der Waals surface area contributed by atoms with Crippen molar-refractivity contribution in [2.75, 3.05) is 38.2 Å². The number of amides is 1. The molecule has 0 radical (unpaired) electrons. The standard InChI is InChI=1S/C21H34N4OS2.HI/c1-21(2,18-5-4-12-28-18)15-23-20(22-3)24-17-8-6-16(7-9-17)19(26)25-10-13-27-14-11-25;/h4-5,12,16-17H,6-11,13-15H2,1-3H3,(H2,22,23,24);1H. The van der Waals surface area contributed by atoms with Crippen molar-refractivity contribution in [1.82, 2.24) is 15.5 Å². The Bertz CT molecular complexity index is 652. The van der Waals surface area contributed by atoms with Gasteiger partial charge in [-0.25, -0.2) is 0 Å². The van der Waals surface area contributed by atoms with Crippen molar-refractivity contribution in [1.29, 1.82) is 0 Å². The van der Waals surface area contributed by atoms with Gasteiger partial charge in [-0.15, -0.1) is 35.3 Å². The number of halogens is 1. The Morgan fingerprint density at radius 1 is 1.24 bits per heavy atom. The van der Waals surface area contributed by atoms with Gasteiger partial charge < -0.3 is 15.5 Å². The van der Waals surface area contributed by atoms with Gasteiger partial charge in [-0.2, -0.15) is 11.8 Å². The fourth-order valence-electron chi connectivity index (χ4n) is 3.97. The summed E-state index contributed by atoms with van der Waals surface area (Å²) in [7, 11) is 1.83. The zero-order valence-corrected chi connectivity index (χ0v) is 21.7. The van der Waals surface area contributed by atoms with E-state index in [-0.39, 0.29) is 35.3 Å². The predicted molar refractivity (Wildman–Crippen MR) is 137 cm³/mol. The second-order valence-corrected chi connectivity index (χ2v) is 10.6. The Balaban J connectivity index is 0.00000300. The molecular weight excluding hydrogens is 515 g/mol. The highest BCUT2D eigenvalue weighted by atomic mass is 127. The van der Waals surface area contributed by atoms with Gasteiger partial charge in [0.05, 0.1) is 0 Å². The highest BCUT2D eigenvalue weighted by Gasteiger charge is 2.30. The number of nitrogens with one attached hydrogen (secondary N) is 2. The SMILES string of the molecule is CN=C(NCC(C)(C)c1cccs1)NC1CCC(C(=O)N2CCSCC2)CC1.I. The van der Waals surface area contributed by atoms with Gasteiger partial charge in [0.15, 0.2) is 5.96 Å². The van der Waals surface area contributed by atoms with Gasteiger partial charge in [0.25, 0.3) is 0 Å². The first kappa shape index (κ1) is 24.8. The van der Waals surface area contributed by atoms with Crippen LogP contribution in [0.25, 0.3) is 0 Å². The molecule has 8 heteroatoms. The number of hydrogen-bond acceptors (Lipinski definition) is 4. The van der Waals surface area contributed by atoms with Gasteiger partial charge in [0.2, 0.25) is 5.91 Å². The second kappa shape index (κ2) is 11.8. The topological polar surface area (TPSA) is 56.7 Å². The number of aliphatic imine (C=N–C) groups is 1. The Labute approximate surface area is 200 Å². The van der Waals surface area contributed by atoms with Crippen molar-refractivity contribution in [2.24, 2.45) is 10.9 Å². The summed E-state index contributed by atoms with van der Waals surface area (Å²) in [4.78, 5) is 20.6. The normalized spacial score (nSPS) is 23.3. The maximum atomic E-state index is 12.7. The van der Waals surface area contributed by atoms with Crippen molar-refractivity contribution in [3.8, 4) is 0 Å². The van der Waals surface area contributed by atoms with E-state index in [0.717, 1.165) is 62.8 Å². The van der Waals surface area contributed by atoms with Gasteiger partial charge >= 0.3 is 0 Å². The molecule has 1 amide bonds. The zero-order chi connectivity index (χ0) is 20.0. The van der Waals surface area contributed by atoms with Gasteiger partial charge in [-0.1, -0.05) is 19.9 Å². The van der Waals surface area contributed by atoms with E-state index in [1.54, 1.807) is 11.3 Å². The average Bonchev–Trinajstić information content (AvgIpc) is 3.28. The predicted octanol–water partition coefficient (Wildman–Crippen LogP) is 3.94. The first-order valence-electron chi connectivity index (χ1n) is 10.4. The number of carbonyl (C=O) groups is 1. The molecule has 5 nitrogen and oxygen atoms in total. The average molecular weight is 551 g/mol. The summed E-state index contributed by atoms with van der Waals surface area (Å²) in [6.07, 6.45) is 4.04. The quantitative estimate of drug-likeness (QED) is 0.332. The molecule has 0 atom stereocenters. The van der Waals surface area contributed by atoms with E-state index in [9.17, 15) is 4.79 Å². The molecule has 1 aliphatic heterocycles. The Kier molecular flexibility index (Phi) is 10.1. The van der Waals surface area contributed by atoms with Crippen LogP contribution in [0, 0.1) is 5.92 Å². The minimum Gasteiger partial charge on any atom is -0.356 e. The third kappa shape index (κ3) is 7.02. The van der Waals surface area contributed by atoms with E-state index in [2.05, 4.69) is 51.9 Å². The van der Waals surface area contributed by atoms with Crippen LogP contribution >= 0.6 is 47.1 Å². The first-order valence-corrected chi connectivity index (χ1v) is 12.4. The summed E-state index contributed by atoms with van der Waals surface area (Å²) in [5, 5.41) is 9.21. The Hall–Kier alpha value is -0.480. The lowest BCUT2D eigenvalue weighted by atomic mass is 9.85. The largest absolute Gasteiger partial charge is 0.356 e. The second-order valence-electron chi connectivity index (χ2n) is 8.42. The van der Waals surface area contributed by atoms with Crippen LogP contribution in [0.4, 0.5) is 0 Å². The van der Waals surface area contributed by atoms with Gasteiger partial charge in [-0.05, 0) is 37.1 Å². The maximum Gasteiger partial charge on any atom is 0.225 e. The fraction of sp³-hybridized carbons (Fsp3) is 0.714. The molecule has 0 unspecified atom stereocenters. The number of rotatable bonds is 5. The lowest BCUT2D eigenvalue weighted by Crippen LogP contribution is -2.49. The minimum absolute atomic E-state index is 0.